The Balaban J connectivity index is 2.24. The average molecular weight is 241 g/mol. The highest BCUT2D eigenvalue weighted by Gasteiger charge is 1.97. The minimum absolute atomic E-state index is 0.844. The van der Waals surface area contributed by atoms with Gasteiger partial charge in [0.05, 0.1) is 0 Å². The molecule has 0 unspecified atom stereocenters. The summed E-state index contributed by atoms with van der Waals surface area (Å²) in [5.74, 6) is 0. The second kappa shape index (κ2) is 6.89. The van der Waals surface area contributed by atoms with Gasteiger partial charge in [-0.1, -0.05) is 23.7 Å². The van der Waals surface area contributed by atoms with E-state index in [1.54, 1.807) is 0 Å². The molecule has 1 N–H and O–H groups in total. The second-order valence-corrected chi connectivity index (χ2v) is 4.82. The van der Waals surface area contributed by atoms with Crippen LogP contribution in [0.15, 0.2) is 18.2 Å². The summed E-state index contributed by atoms with van der Waals surface area (Å²) in [5, 5.41) is 4.28. The molecule has 1 aromatic carbocycles. The number of hydrogen-bond acceptors (Lipinski definition) is 2. The minimum atomic E-state index is 0.844. The van der Waals surface area contributed by atoms with E-state index >= 15 is 0 Å². The molecule has 0 atom stereocenters. The SMILES string of the molecule is Cc1cc(CNCCCN(C)C)ccc1Cl. The average Bonchev–Trinajstić information content (AvgIpc) is 2.22. The van der Waals surface area contributed by atoms with Crippen LogP contribution in [0.3, 0.4) is 0 Å². The van der Waals surface area contributed by atoms with Crippen LogP contribution in [-0.4, -0.2) is 32.1 Å². The Labute approximate surface area is 104 Å². The van der Waals surface area contributed by atoms with Crippen LogP contribution in [0.25, 0.3) is 0 Å². The van der Waals surface area contributed by atoms with Crippen molar-refractivity contribution in [3.8, 4) is 0 Å². The molecular formula is C13H21ClN2. The Bertz CT molecular complexity index is 324. The van der Waals surface area contributed by atoms with E-state index in [1.807, 2.05) is 13.0 Å². The van der Waals surface area contributed by atoms with E-state index in [0.29, 0.717) is 0 Å². The van der Waals surface area contributed by atoms with E-state index in [4.69, 9.17) is 11.6 Å². The summed E-state index contributed by atoms with van der Waals surface area (Å²) in [4.78, 5) is 2.20. The first-order chi connectivity index (χ1) is 7.59. The van der Waals surface area contributed by atoms with E-state index in [0.717, 1.165) is 30.2 Å². The van der Waals surface area contributed by atoms with Crippen LogP contribution in [0.5, 0.6) is 0 Å². The van der Waals surface area contributed by atoms with Crippen molar-refractivity contribution in [1.82, 2.24) is 10.2 Å². The van der Waals surface area contributed by atoms with E-state index in [-0.39, 0.29) is 0 Å². The van der Waals surface area contributed by atoms with Crippen LogP contribution in [0.1, 0.15) is 17.5 Å². The van der Waals surface area contributed by atoms with E-state index < -0.39 is 0 Å². The summed E-state index contributed by atoms with van der Waals surface area (Å²) >= 11 is 5.97. The summed E-state index contributed by atoms with van der Waals surface area (Å²) in [6.45, 7) is 5.15. The molecule has 0 amide bonds. The normalized spacial score (nSPS) is 11.1. The predicted octanol–water partition coefficient (Wildman–Crippen LogP) is 2.69. The van der Waals surface area contributed by atoms with Crippen molar-refractivity contribution in [1.29, 1.82) is 0 Å². The molecule has 0 saturated heterocycles. The Morgan fingerprint density at radius 3 is 2.69 bits per heavy atom. The quantitative estimate of drug-likeness (QED) is 0.770. The van der Waals surface area contributed by atoms with Crippen LogP contribution in [0, 0.1) is 6.92 Å². The molecule has 3 heteroatoms. The van der Waals surface area contributed by atoms with Crippen molar-refractivity contribution >= 4 is 11.6 Å². The van der Waals surface area contributed by atoms with Crippen molar-refractivity contribution < 1.29 is 0 Å². The largest absolute Gasteiger partial charge is 0.313 e. The van der Waals surface area contributed by atoms with Crippen molar-refractivity contribution in [3.05, 3.63) is 34.3 Å². The molecule has 0 aromatic heterocycles. The van der Waals surface area contributed by atoms with E-state index in [2.05, 4.69) is 36.4 Å². The molecule has 0 bridgehead atoms. The fourth-order valence-corrected chi connectivity index (χ4v) is 1.69. The number of nitrogens with one attached hydrogen (secondary N) is 1. The van der Waals surface area contributed by atoms with Crippen LogP contribution in [0.4, 0.5) is 0 Å². The van der Waals surface area contributed by atoms with Crippen LogP contribution >= 0.6 is 11.6 Å². The van der Waals surface area contributed by atoms with E-state index in [9.17, 15) is 0 Å². The van der Waals surface area contributed by atoms with Gasteiger partial charge in [-0.3, -0.25) is 0 Å². The maximum absolute atomic E-state index is 5.97. The molecule has 1 aromatic rings. The van der Waals surface area contributed by atoms with Gasteiger partial charge in [0.15, 0.2) is 0 Å². The predicted molar refractivity (Wildman–Crippen MR) is 71.1 cm³/mol. The molecule has 2 nitrogen and oxygen atoms in total. The lowest BCUT2D eigenvalue weighted by Gasteiger charge is -2.10. The van der Waals surface area contributed by atoms with Crippen LogP contribution in [-0.2, 0) is 6.54 Å². The van der Waals surface area contributed by atoms with Crippen molar-refractivity contribution in [2.75, 3.05) is 27.2 Å². The second-order valence-electron chi connectivity index (χ2n) is 4.42. The lowest BCUT2D eigenvalue weighted by molar-refractivity contribution is 0.394. The topological polar surface area (TPSA) is 15.3 Å². The van der Waals surface area contributed by atoms with Gasteiger partial charge in [0.2, 0.25) is 0 Å². The summed E-state index contributed by atoms with van der Waals surface area (Å²) in [7, 11) is 4.20. The summed E-state index contributed by atoms with van der Waals surface area (Å²) < 4.78 is 0. The molecule has 0 fully saturated rings. The summed E-state index contributed by atoms with van der Waals surface area (Å²) in [6, 6.07) is 6.18. The van der Waals surface area contributed by atoms with Crippen molar-refractivity contribution in [2.45, 2.75) is 19.9 Å². The third-order valence-corrected chi connectivity index (χ3v) is 2.93. The molecule has 1 rings (SSSR count). The highest BCUT2D eigenvalue weighted by atomic mass is 35.5. The van der Waals surface area contributed by atoms with Gasteiger partial charge >= 0.3 is 0 Å². The molecular weight excluding hydrogens is 220 g/mol. The highest BCUT2D eigenvalue weighted by Crippen LogP contribution is 2.15. The van der Waals surface area contributed by atoms with Gasteiger partial charge in [-0.2, -0.15) is 0 Å². The number of nitrogens with zero attached hydrogens (tertiary/aromatic N) is 1. The fourth-order valence-electron chi connectivity index (χ4n) is 1.57. The Kier molecular flexibility index (Phi) is 5.81. The molecule has 0 saturated carbocycles. The number of halogens is 1. The zero-order valence-electron chi connectivity index (χ0n) is 10.4. The van der Waals surface area contributed by atoms with Gasteiger partial charge in [0, 0.05) is 11.6 Å². The maximum Gasteiger partial charge on any atom is 0.0435 e. The fraction of sp³-hybridized carbons (Fsp3) is 0.538. The summed E-state index contributed by atoms with van der Waals surface area (Å²) in [6.07, 6.45) is 1.18. The zero-order chi connectivity index (χ0) is 12.0. The van der Waals surface area contributed by atoms with Gasteiger partial charge in [0.25, 0.3) is 0 Å². The first-order valence-corrected chi connectivity index (χ1v) is 6.08. The molecule has 0 aliphatic rings. The number of rotatable bonds is 6. The van der Waals surface area contributed by atoms with Crippen LogP contribution in [0.2, 0.25) is 5.02 Å². The van der Waals surface area contributed by atoms with E-state index in [1.165, 1.54) is 12.0 Å². The Morgan fingerprint density at radius 1 is 1.31 bits per heavy atom. The first kappa shape index (κ1) is 13.5. The minimum Gasteiger partial charge on any atom is -0.313 e. The van der Waals surface area contributed by atoms with Gasteiger partial charge in [-0.25, -0.2) is 0 Å². The van der Waals surface area contributed by atoms with Crippen LogP contribution < -0.4 is 5.32 Å². The number of aryl methyl sites for hydroxylation is 1. The molecule has 0 aliphatic heterocycles. The van der Waals surface area contributed by atoms with Gasteiger partial charge < -0.3 is 10.2 Å². The lowest BCUT2D eigenvalue weighted by atomic mass is 10.1. The van der Waals surface area contributed by atoms with Crippen molar-refractivity contribution in [2.24, 2.45) is 0 Å². The third kappa shape index (κ3) is 4.97. The Morgan fingerprint density at radius 2 is 2.06 bits per heavy atom. The van der Waals surface area contributed by atoms with Gasteiger partial charge in [-0.05, 0) is 57.7 Å². The monoisotopic (exact) mass is 240 g/mol. The molecule has 0 radical (unpaired) electrons. The van der Waals surface area contributed by atoms with Gasteiger partial charge in [0.1, 0.15) is 0 Å². The van der Waals surface area contributed by atoms with Gasteiger partial charge in [-0.15, -0.1) is 0 Å². The molecule has 0 heterocycles. The number of benzene rings is 1. The lowest BCUT2D eigenvalue weighted by Crippen LogP contribution is -2.21. The van der Waals surface area contributed by atoms with Crippen molar-refractivity contribution in [3.63, 3.8) is 0 Å². The Hall–Kier alpha value is -0.570. The summed E-state index contributed by atoms with van der Waals surface area (Å²) in [5.41, 5.74) is 2.45. The highest BCUT2D eigenvalue weighted by molar-refractivity contribution is 6.31. The third-order valence-electron chi connectivity index (χ3n) is 2.51. The molecule has 0 aliphatic carbocycles. The maximum atomic E-state index is 5.97. The smallest absolute Gasteiger partial charge is 0.0435 e. The molecule has 16 heavy (non-hydrogen) atoms. The first-order valence-electron chi connectivity index (χ1n) is 5.70. The molecule has 0 spiro atoms. The zero-order valence-corrected chi connectivity index (χ0v) is 11.1. The standard InChI is InChI=1S/C13H21ClN2/c1-11-9-12(5-6-13(11)14)10-15-7-4-8-16(2)3/h5-6,9,15H,4,7-8,10H2,1-3H3. The number of hydrogen-bond donors (Lipinski definition) is 1. The molecule has 90 valence electrons.